The van der Waals surface area contributed by atoms with Crippen molar-refractivity contribution in [1.29, 1.82) is 0 Å². The minimum absolute atomic E-state index is 0.0479. The normalized spacial score (nSPS) is 25.5. The molecule has 0 saturated carbocycles. The van der Waals surface area contributed by atoms with Gasteiger partial charge in [0.1, 0.15) is 0 Å². The fourth-order valence-electron chi connectivity index (χ4n) is 3.57. The lowest BCUT2D eigenvalue weighted by atomic mass is 9.93. The molecule has 2 N–H and O–H groups in total. The van der Waals surface area contributed by atoms with Gasteiger partial charge in [-0.1, -0.05) is 24.3 Å². The van der Waals surface area contributed by atoms with E-state index in [0.717, 1.165) is 39.0 Å². The Kier molecular flexibility index (Phi) is 4.56. The van der Waals surface area contributed by atoms with Gasteiger partial charge in [0.25, 0.3) is 0 Å². The molecule has 2 atom stereocenters. The van der Waals surface area contributed by atoms with Crippen LogP contribution >= 0.6 is 0 Å². The molecule has 2 aliphatic rings. The molecule has 21 heavy (non-hydrogen) atoms. The summed E-state index contributed by atoms with van der Waals surface area (Å²) in [6.07, 6.45) is 3.18. The second-order valence-electron chi connectivity index (χ2n) is 6.26. The Hall–Kier alpha value is -1.39. The molecular weight excluding hydrogens is 262 g/mol. The second kappa shape index (κ2) is 6.58. The van der Waals surface area contributed by atoms with Crippen LogP contribution in [0.1, 0.15) is 24.0 Å². The van der Waals surface area contributed by atoms with Crippen LogP contribution in [-0.4, -0.2) is 43.5 Å². The molecule has 3 rings (SSSR count). The van der Waals surface area contributed by atoms with Crippen LogP contribution in [-0.2, 0) is 17.8 Å². The fourth-order valence-corrected chi connectivity index (χ4v) is 3.57. The lowest BCUT2D eigenvalue weighted by molar-refractivity contribution is -0.135. The average Bonchev–Trinajstić information content (AvgIpc) is 2.54. The predicted octanol–water partition coefficient (Wildman–Crippen LogP) is 1.16. The molecule has 1 aromatic rings. The number of fused-ring (bicyclic) bond motifs is 1. The molecule has 1 amide bonds. The summed E-state index contributed by atoms with van der Waals surface area (Å²) in [6.45, 7) is 3.63. The smallest absolute Gasteiger partial charge is 0.240 e. The third kappa shape index (κ3) is 3.27. The first-order chi connectivity index (χ1) is 10.3. The number of carbonyl (C=O) groups excluding carboxylic acids is 1. The van der Waals surface area contributed by atoms with Crippen molar-refractivity contribution in [3.63, 3.8) is 0 Å². The lowest BCUT2D eigenvalue weighted by Crippen LogP contribution is -2.52. The van der Waals surface area contributed by atoms with Crippen LogP contribution in [0.25, 0.3) is 0 Å². The first-order valence-electron chi connectivity index (χ1n) is 8.01. The van der Waals surface area contributed by atoms with Crippen LogP contribution in [0.15, 0.2) is 24.3 Å². The zero-order valence-electron chi connectivity index (χ0n) is 12.8. The van der Waals surface area contributed by atoms with E-state index in [1.807, 2.05) is 7.05 Å². The molecule has 0 aromatic heterocycles. The molecule has 4 nitrogen and oxygen atoms in total. The van der Waals surface area contributed by atoms with E-state index in [9.17, 15) is 4.79 Å². The zero-order valence-corrected chi connectivity index (χ0v) is 12.8. The van der Waals surface area contributed by atoms with E-state index >= 15 is 0 Å². The highest BCUT2D eigenvalue weighted by Gasteiger charge is 2.30. The molecule has 0 aliphatic carbocycles. The van der Waals surface area contributed by atoms with Gasteiger partial charge in [0.05, 0.1) is 6.04 Å². The Morgan fingerprint density at radius 1 is 1.38 bits per heavy atom. The van der Waals surface area contributed by atoms with Gasteiger partial charge in [-0.3, -0.25) is 4.79 Å². The number of amides is 1. The van der Waals surface area contributed by atoms with E-state index in [2.05, 4.69) is 39.8 Å². The highest BCUT2D eigenvalue weighted by Crippen LogP contribution is 2.20. The Balaban J connectivity index is 1.63. The number of rotatable bonds is 3. The minimum Gasteiger partial charge on any atom is -0.341 e. The number of nitrogens with zero attached hydrogens (tertiary/aromatic N) is 1. The van der Waals surface area contributed by atoms with Gasteiger partial charge >= 0.3 is 0 Å². The fraction of sp³-hybridized carbons (Fsp3) is 0.588. The predicted molar refractivity (Wildman–Crippen MR) is 84.0 cm³/mol. The Morgan fingerprint density at radius 3 is 3.00 bits per heavy atom. The molecule has 2 heterocycles. The number of benzene rings is 1. The van der Waals surface area contributed by atoms with E-state index in [1.165, 1.54) is 17.5 Å². The average molecular weight is 287 g/mol. The van der Waals surface area contributed by atoms with E-state index in [4.69, 9.17) is 0 Å². The highest BCUT2D eigenvalue weighted by atomic mass is 16.2. The van der Waals surface area contributed by atoms with Crippen molar-refractivity contribution in [3.8, 4) is 0 Å². The van der Waals surface area contributed by atoms with Crippen molar-refractivity contribution in [3.05, 3.63) is 35.4 Å². The highest BCUT2D eigenvalue weighted by molar-refractivity contribution is 5.82. The van der Waals surface area contributed by atoms with Gasteiger partial charge in [0.15, 0.2) is 0 Å². The number of carbonyl (C=O) groups is 1. The summed E-state index contributed by atoms with van der Waals surface area (Å²) in [5.74, 6) is 0.883. The van der Waals surface area contributed by atoms with Gasteiger partial charge in [-0.15, -0.1) is 0 Å². The van der Waals surface area contributed by atoms with Gasteiger partial charge in [0, 0.05) is 19.6 Å². The molecule has 1 aromatic carbocycles. The number of nitrogens with one attached hydrogen (secondary N) is 2. The van der Waals surface area contributed by atoms with Crippen molar-refractivity contribution in [2.75, 3.05) is 26.7 Å². The third-order valence-corrected chi connectivity index (χ3v) is 4.70. The van der Waals surface area contributed by atoms with E-state index in [-0.39, 0.29) is 11.9 Å². The Morgan fingerprint density at radius 2 is 2.19 bits per heavy atom. The summed E-state index contributed by atoms with van der Waals surface area (Å²) in [4.78, 5) is 14.8. The molecule has 1 fully saturated rings. The summed E-state index contributed by atoms with van der Waals surface area (Å²) in [5, 5.41) is 6.65. The lowest BCUT2D eigenvalue weighted by Gasteiger charge is -2.36. The summed E-state index contributed by atoms with van der Waals surface area (Å²) in [7, 11) is 1.99. The van der Waals surface area contributed by atoms with E-state index in [0.29, 0.717) is 5.92 Å². The maximum absolute atomic E-state index is 12.8. The second-order valence-corrected chi connectivity index (χ2v) is 6.26. The molecule has 114 valence electrons. The topological polar surface area (TPSA) is 44.4 Å². The van der Waals surface area contributed by atoms with Crippen LogP contribution in [0.5, 0.6) is 0 Å². The summed E-state index contributed by atoms with van der Waals surface area (Å²) in [5.41, 5.74) is 2.65. The molecule has 0 unspecified atom stereocenters. The van der Waals surface area contributed by atoms with Crippen molar-refractivity contribution >= 4 is 5.91 Å². The minimum atomic E-state index is -0.0479. The molecular formula is C17H25N3O. The molecule has 2 aliphatic heterocycles. The summed E-state index contributed by atoms with van der Waals surface area (Å²) >= 11 is 0. The number of hydrogen-bond acceptors (Lipinski definition) is 3. The summed E-state index contributed by atoms with van der Waals surface area (Å²) < 4.78 is 0. The van der Waals surface area contributed by atoms with Gasteiger partial charge in [-0.25, -0.2) is 0 Å². The standard InChI is InChI=1S/C17H25N3O/c1-18-10-13-5-4-8-20(12-13)17(21)16-9-14-6-2-3-7-15(14)11-19-16/h2-3,6-7,13,16,18-19H,4-5,8-12H2,1H3/t13-,16-/m1/s1. The first kappa shape index (κ1) is 14.5. The van der Waals surface area contributed by atoms with E-state index in [1.54, 1.807) is 0 Å². The van der Waals surface area contributed by atoms with Crippen LogP contribution in [0.2, 0.25) is 0 Å². The van der Waals surface area contributed by atoms with Crippen molar-refractivity contribution in [2.45, 2.75) is 31.8 Å². The number of hydrogen-bond donors (Lipinski definition) is 2. The Labute approximate surface area is 126 Å². The quantitative estimate of drug-likeness (QED) is 0.877. The van der Waals surface area contributed by atoms with Gasteiger partial charge in [-0.2, -0.15) is 0 Å². The first-order valence-corrected chi connectivity index (χ1v) is 8.01. The van der Waals surface area contributed by atoms with Crippen LogP contribution in [0, 0.1) is 5.92 Å². The molecule has 0 spiro atoms. The van der Waals surface area contributed by atoms with Gasteiger partial charge in [-0.05, 0) is 49.9 Å². The van der Waals surface area contributed by atoms with Crippen LogP contribution in [0.4, 0.5) is 0 Å². The molecule has 1 saturated heterocycles. The maximum Gasteiger partial charge on any atom is 0.240 e. The molecule has 0 radical (unpaired) electrons. The maximum atomic E-state index is 12.8. The molecule has 4 heteroatoms. The number of likely N-dealkylation sites (tertiary alicyclic amines) is 1. The third-order valence-electron chi connectivity index (χ3n) is 4.70. The zero-order chi connectivity index (χ0) is 14.7. The van der Waals surface area contributed by atoms with Crippen molar-refractivity contribution in [2.24, 2.45) is 5.92 Å². The van der Waals surface area contributed by atoms with E-state index < -0.39 is 0 Å². The van der Waals surface area contributed by atoms with Crippen molar-refractivity contribution in [1.82, 2.24) is 15.5 Å². The van der Waals surface area contributed by atoms with Crippen LogP contribution < -0.4 is 10.6 Å². The van der Waals surface area contributed by atoms with Gasteiger partial charge in [0.2, 0.25) is 5.91 Å². The number of piperidine rings is 1. The largest absolute Gasteiger partial charge is 0.341 e. The van der Waals surface area contributed by atoms with Gasteiger partial charge < -0.3 is 15.5 Å². The summed E-state index contributed by atoms with van der Waals surface area (Å²) in [6, 6.07) is 8.38. The monoisotopic (exact) mass is 287 g/mol. The molecule has 0 bridgehead atoms. The Bertz CT molecular complexity index is 501. The van der Waals surface area contributed by atoms with Crippen molar-refractivity contribution < 1.29 is 4.79 Å². The van der Waals surface area contributed by atoms with Crippen LogP contribution in [0.3, 0.4) is 0 Å². The SMILES string of the molecule is CNC[C@H]1CCCN(C(=O)[C@H]2Cc3ccccc3CN2)C1.